The normalized spacial score (nSPS) is 15.6. The van der Waals surface area contributed by atoms with Gasteiger partial charge in [0, 0.05) is 61.2 Å². The second kappa shape index (κ2) is 33.6. The molecule has 0 aliphatic rings. The van der Waals surface area contributed by atoms with E-state index in [0.29, 0.717) is 106 Å². The van der Waals surface area contributed by atoms with Crippen molar-refractivity contribution < 1.29 is 66.3 Å². The summed E-state index contributed by atoms with van der Waals surface area (Å²) < 4.78 is 77.3. The molecule has 0 aliphatic carbocycles. The van der Waals surface area contributed by atoms with Gasteiger partial charge in [0.15, 0.2) is 0 Å². The second-order valence-electron chi connectivity index (χ2n) is 9.93. The molecule has 0 spiro atoms. The Morgan fingerprint density at radius 3 is 0.957 bits per heavy atom. The third-order valence-corrected chi connectivity index (χ3v) is 6.46. The van der Waals surface area contributed by atoms with Gasteiger partial charge in [-0.2, -0.15) is 0 Å². The summed E-state index contributed by atoms with van der Waals surface area (Å²) in [5.41, 5.74) is 8.23. The number of azide groups is 1. The van der Waals surface area contributed by atoms with Crippen molar-refractivity contribution in [3.05, 3.63) is 10.4 Å². The van der Waals surface area contributed by atoms with E-state index in [2.05, 4.69) is 10.0 Å². The maximum Gasteiger partial charge on any atom is 0.104 e. The fourth-order valence-electron chi connectivity index (χ4n) is 3.53. The SMILES string of the molecule is COCC(COCC(COCC(COCC(COCC(COCC(COCCOCCN=[N+]=[N-])OC)OC)OC)OC)OC)OC. The van der Waals surface area contributed by atoms with Crippen molar-refractivity contribution >= 4 is 0 Å². The molecular weight excluding hydrogens is 614 g/mol. The smallest absolute Gasteiger partial charge is 0.104 e. The van der Waals surface area contributed by atoms with E-state index in [4.69, 9.17) is 71.8 Å². The van der Waals surface area contributed by atoms with Gasteiger partial charge in [-0.15, -0.1) is 0 Å². The largest absolute Gasteiger partial charge is 0.382 e. The van der Waals surface area contributed by atoms with E-state index in [0.717, 1.165) is 0 Å². The zero-order chi connectivity index (χ0) is 34.1. The molecule has 0 saturated carbocycles. The van der Waals surface area contributed by atoms with Gasteiger partial charge in [-0.3, -0.25) is 0 Å². The number of nitrogens with zero attached hydrogens (tertiary/aromatic N) is 3. The summed E-state index contributed by atoms with van der Waals surface area (Å²) in [7, 11) is 11.2. The van der Waals surface area contributed by atoms with Crippen LogP contribution in [0.4, 0.5) is 0 Å². The average molecular weight is 674 g/mol. The minimum absolute atomic E-state index is 0.136. The Balaban J connectivity index is 4.13. The van der Waals surface area contributed by atoms with Gasteiger partial charge in [0.2, 0.25) is 0 Å². The molecule has 0 bridgehead atoms. The van der Waals surface area contributed by atoms with Gasteiger partial charge in [-0.25, -0.2) is 0 Å². The Labute approximate surface area is 274 Å². The third-order valence-electron chi connectivity index (χ3n) is 6.46. The molecule has 0 N–H and O–H groups in total. The molecular formula is C29H59N3O14. The number of hydrogen-bond acceptors (Lipinski definition) is 15. The van der Waals surface area contributed by atoms with Crippen molar-refractivity contribution in [3.8, 4) is 0 Å². The van der Waals surface area contributed by atoms with Crippen molar-refractivity contribution in [2.24, 2.45) is 5.11 Å². The minimum Gasteiger partial charge on any atom is -0.382 e. The van der Waals surface area contributed by atoms with Crippen molar-refractivity contribution in [1.29, 1.82) is 0 Å². The molecule has 0 saturated heterocycles. The molecule has 17 nitrogen and oxygen atoms in total. The highest BCUT2D eigenvalue weighted by atomic mass is 16.6. The van der Waals surface area contributed by atoms with E-state index in [1.165, 1.54) is 0 Å². The van der Waals surface area contributed by atoms with Gasteiger partial charge < -0.3 is 66.3 Å². The second-order valence-corrected chi connectivity index (χ2v) is 9.93. The molecule has 6 unspecified atom stereocenters. The molecule has 0 fully saturated rings. The molecule has 0 heterocycles. The lowest BCUT2D eigenvalue weighted by atomic mass is 10.3. The summed E-state index contributed by atoms with van der Waals surface area (Å²) >= 11 is 0. The Hall–Kier alpha value is -1.25. The van der Waals surface area contributed by atoms with Crippen LogP contribution >= 0.6 is 0 Å². The van der Waals surface area contributed by atoms with Crippen molar-refractivity contribution in [1.82, 2.24) is 0 Å². The Morgan fingerprint density at radius 1 is 0.391 bits per heavy atom. The summed E-state index contributed by atoms with van der Waals surface area (Å²) in [5, 5.41) is 3.39. The molecule has 0 rings (SSSR count). The van der Waals surface area contributed by atoms with Gasteiger partial charge in [0.1, 0.15) is 36.6 Å². The van der Waals surface area contributed by atoms with E-state index in [1.807, 2.05) is 0 Å². The van der Waals surface area contributed by atoms with Crippen LogP contribution in [-0.4, -0.2) is 192 Å². The molecule has 0 aromatic rings. The van der Waals surface area contributed by atoms with Crippen LogP contribution in [0.5, 0.6) is 0 Å². The van der Waals surface area contributed by atoms with Gasteiger partial charge in [-0.1, -0.05) is 5.11 Å². The standard InChI is InChI=1S/C29H59N3O14/c1-33-12-24(34-2)14-42-16-26(36-4)18-44-20-28(38-6)22-46-23-29(39-7)21-45-19-27(37-5)17-43-15-25(35-3)13-41-11-10-40-9-8-31-32-30/h24-29H,8-23H2,1-7H3. The van der Waals surface area contributed by atoms with Crippen LogP contribution in [0.25, 0.3) is 10.4 Å². The fraction of sp³-hybridized carbons (Fsp3) is 1.00. The van der Waals surface area contributed by atoms with Crippen molar-refractivity contribution in [3.63, 3.8) is 0 Å². The molecule has 0 amide bonds. The Kier molecular flexibility index (Phi) is 32.7. The first-order chi connectivity index (χ1) is 22.5. The van der Waals surface area contributed by atoms with Gasteiger partial charge in [0.25, 0.3) is 0 Å². The van der Waals surface area contributed by atoms with Gasteiger partial charge >= 0.3 is 0 Å². The topological polar surface area (TPSA) is 178 Å². The minimum atomic E-state index is -0.279. The summed E-state index contributed by atoms with van der Waals surface area (Å²) in [6, 6.07) is 0. The van der Waals surface area contributed by atoms with Crippen LogP contribution in [0.1, 0.15) is 0 Å². The maximum atomic E-state index is 8.23. The lowest BCUT2D eigenvalue weighted by Crippen LogP contribution is -2.33. The number of methoxy groups -OCH3 is 7. The maximum absolute atomic E-state index is 8.23. The van der Waals surface area contributed by atoms with Crippen LogP contribution in [0.3, 0.4) is 0 Å². The molecule has 0 aromatic heterocycles. The molecule has 0 radical (unpaired) electrons. The predicted molar refractivity (Wildman–Crippen MR) is 166 cm³/mol. The highest BCUT2D eigenvalue weighted by Gasteiger charge is 2.17. The molecule has 6 atom stereocenters. The van der Waals surface area contributed by atoms with E-state index in [9.17, 15) is 0 Å². The van der Waals surface area contributed by atoms with E-state index in [1.54, 1.807) is 49.8 Å². The summed E-state index contributed by atoms with van der Waals surface area (Å²) in [6.45, 7) is 5.59. The average Bonchev–Trinajstić information content (AvgIpc) is 3.08. The zero-order valence-corrected chi connectivity index (χ0v) is 28.8. The van der Waals surface area contributed by atoms with E-state index < -0.39 is 0 Å². The lowest BCUT2D eigenvalue weighted by molar-refractivity contribution is -0.105. The number of ether oxygens (including phenoxy) is 14. The first-order valence-electron chi connectivity index (χ1n) is 15.2. The first kappa shape index (κ1) is 44.8. The monoisotopic (exact) mass is 673 g/mol. The Morgan fingerprint density at radius 2 is 0.674 bits per heavy atom. The van der Waals surface area contributed by atoms with Crippen LogP contribution in [0.2, 0.25) is 0 Å². The number of hydrogen-bond donors (Lipinski definition) is 0. The van der Waals surface area contributed by atoms with Crippen molar-refractivity contribution in [2.75, 3.05) is 155 Å². The summed E-state index contributed by atoms with van der Waals surface area (Å²) in [4.78, 5) is 2.66. The molecule has 17 heteroatoms. The van der Waals surface area contributed by atoms with Crippen LogP contribution < -0.4 is 0 Å². The molecule has 274 valence electrons. The Bertz CT molecular complexity index is 696. The summed E-state index contributed by atoms with van der Waals surface area (Å²) in [5.74, 6) is 0. The van der Waals surface area contributed by atoms with Crippen LogP contribution in [0.15, 0.2) is 5.11 Å². The van der Waals surface area contributed by atoms with Gasteiger partial charge in [0.05, 0.1) is 99.1 Å². The lowest BCUT2D eigenvalue weighted by Gasteiger charge is -2.22. The molecule has 46 heavy (non-hydrogen) atoms. The molecule has 0 aromatic carbocycles. The van der Waals surface area contributed by atoms with E-state index >= 15 is 0 Å². The quantitative estimate of drug-likeness (QED) is 0.0400. The first-order valence-corrected chi connectivity index (χ1v) is 15.2. The zero-order valence-electron chi connectivity index (χ0n) is 28.8. The van der Waals surface area contributed by atoms with Crippen LogP contribution in [-0.2, 0) is 66.3 Å². The van der Waals surface area contributed by atoms with Gasteiger partial charge in [-0.05, 0) is 5.53 Å². The predicted octanol–water partition coefficient (Wildman–Crippen LogP) is 1.15. The highest BCUT2D eigenvalue weighted by molar-refractivity contribution is 4.63. The molecule has 0 aliphatic heterocycles. The van der Waals surface area contributed by atoms with Crippen molar-refractivity contribution in [2.45, 2.75) is 36.6 Å². The fourth-order valence-corrected chi connectivity index (χ4v) is 3.53. The number of rotatable bonds is 36. The highest BCUT2D eigenvalue weighted by Crippen LogP contribution is 2.03. The summed E-state index contributed by atoms with van der Waals surface area (Å²) in [6.07, 6.45) is -1.43. The van der Waals surface area contributed by atoms with E-state index in [-0.39, 0.29) is 36.6 Å². The third kappa shape index (κ3) is 25.8. The van der Waals surface area contributed by atoms with Crippen LogP contribution in [0, 0.1) is 0 Å².